The van der Waals surface area contributed by atoms with E-state index in [1.807, 2.05) is 19.9 Å². The van der Waals surface area contributed by atoms with Gasteiger partial charge in [-0.05, 0) is 57.5 Å². The molecular formula is C25H52O4Si2. The zero-order valence-corrected chi connectivity index (χ0v) is 25.0. The van der Waals surface area contributed by atoms with Gasteiger partial charge < -0.3 is 13.6 Å². The molecule has 0 unspecified atom stereocenters. The van der Waals surface area contributed by atoms with Crippen LogP contribution in [-0.4, -0.2) is 41.4 Å². The number of carbonyl (C=O) groups excluding carboxylic acids is 1. The van der Waals surface area contributed by atoms with Crippen molar-refractivity contribution in [1.29, 1.82) is 0 Å². The predicted octanol–water partition coefficient (Wildman–Crippen LogP) is 7.42. The lowest BCUT2D eigenvalue weighted by Gasteiger charge is -2.46. The zero-order valence-electron chi connectivity index (χ0n) is 23.0. The highest BCUT2D eigenvalue weighted by molar-refractivity contribution is 6.74. The van der Waals surface area contributed by atoms with E-state index in [0.29, 0.717) is 18.1 Å². The molecule has 0 heterocycles. The maximum absolute atomic E-state index is 12.2. The van der Waals surface area contributed by atoms with Gasteiger partial charge in [0.15, 0.2) is 16.6 Å². The Hall–Kier alpha value is -0.436. The summed E-state index contributed by atoms with van der Waals surface area (Å²) in [6.07, 6.45) is 3.19. The summed E-state index contributed by atoms with van der Waals surface area (Å²) in [7, 11) is -3.76. The third kappa shape index (κ3) is 9.93. The molecule has 0 saturated carbocycles. The van der Waals surface area contributed by atoms with Crippen LogP contribution < -0.4 is 0 Å². The van der Waals surface area contributed by atoms with Crippen molar-refractivity contribution in [2.24, 2.45) is 17.8 Å². The van der Waals surface area contributed by atoms with E-state index >= 15 is 0 Å². The standard InChI is InChI=1S/C25H52O4Si2/c1-15-18(3)22(29-31(13,14)25(7,8)9)21(6)23(28-30(10,11)12)19(4)17-20(5)24(26)27-16-2/h17-19,21-23H,15-16H2,1-14H3/b20-17+/t18-,19+,21-,22+,23-/m0/s1. The van der Waals surface area contributed by atoms with Gasteiger partial charge in [-0.1, -0.05) is 61.0 Å². The molecule has 0 radical (unpaired) electrons. The van der Waals surface area contributed by atoms with Crippen LogP contribution in [0.5, 0.6) is 0 Å². The Morgan fingerprint density at radius 3 is 1.84 bits per heavy atom. The Morgan fingerprint density at radius 2 is 1.45 bits per heavy atom. The molecule has 0 rings (SSSR count). The van der Waals surface area contributed by atoms with Crippen LogP contribution in [0, 0.1) is 17.8 Å². The number of hydrogen-bond acceptors (Lipinski definition) is 4. The Labute approximate surface area is 195 Å². The molecule has 0 bridgehead atoms. The van der Waals surface area contributed by atoms with Gasteiger partial charge in [-0.2, -0.15) is 0 Å². The monoisotopic (exact) mass is 472 g/mol. The lowest BCUT2D eigenvalue weighted by atomic mass is 9.83. The molecule has 0 aromatic carbocycles. The van der Waals surface area contributed by atoms with Crippen molar-refractivity contribution < 1.29 is 18.4 Å². The van der Waals surface area contributed by atoms with Crippen molar-refractivity contribution in [3.8, 4) is 0 Å². The molecule has 184 valence electrons. The topological polar surface area (TPSA) is 44.8 Å². The summed E-state index contributed by atoms with van der Waals surface area (Å²) in [6, 6.07) is 0. The second-order valence-corrected chi connectivity index (χ2v) is 20.9. The second kappa shape index (κ2) is 12.1. The van der Waals surface area contributed by atoms with Crippen LogP contribution in [0.3, 0.4) is 0 Å². The Balaban J connectivity index is 6.09. The van der Waals surface area contributed by atoms with Gasteiger partial charge in [-0.15, -0.1) is 0 Å². The summed E-state index contributed by atoms with van der Waals surface area (Å²) < 4.78 is 19.0. The first-order valence-corrected chi connectivity index (χ1v) is 18.4. The highest BCUT2D eigenvalue weighted by Gasteiger charge is 2.43. The van der Waals surface area contributed by atoms with E-state index in [1.54, 1.807) is 0 Å². The Kier molecular flexibility index (Phi) is 12.0. The normalized spacial score (nSPS) is 18.8. The molecule has 31 heavy (non-hydrogen) atoms. The summed E-state index contributed by atoms with van der Waals surface area (Å²) in [4.78, 5) is 12.2. The van der Waals surface area contributed by atoms with E-state index in [0.717, 1.165) is 6.42 Å². The molecule has 0 aliphatic rings. The van der Waals surface area contributed by atoms with Gasteiger partial charge >= 0.3 is 5.97 Å². The third-order valence-electron chi connectivity index (χ3n) is 6.60. The quantitative estimate of drug-likeness (QED) is 0.168. The molecule has 0 aliphatic carbocycles. The van der Waals surface area contributed by atoms with E-state index in [9.17, 15) is 4.79 Å². The van der Waals surface area contributed by atoms with Crippen LogP contribution in [0.1, 0.15) is 68.7 Å². The fraction of sp³-hybridized carbons (Fsp3) is 0.880. The maximum atomic E-state index is 12.2. The SMILES string of the molecule is CCOC(=O)/C(C)=C/[C@@H](C)[C@H](O[Si](C)(C)C)[C@@H](C)[C@H](O[Si](C)(C)C(C)(C)C)[C@@H](C)CC. The van der Waals surface area contributed by atoms with Gasteiger partial charge in [0.05, 0.1) is 18.8 Å². The molecule has 0 N–H and O–H groups in total. The average molecular weight is 473 g/mol. The van der Waals surface area contributed by atoms with Crippen molar-refractivity contribution in [1.82, 2.24) is 0 Å². The third-order valence-corrected chi connectivity index (χ3v) is 12.0. The number of ether oxygens (including phenoxy) is 1. The largest absolute Gasteiger partial charge is 0.463 e. The zero-order chi connectivity index (χ0) is 24.8. The highest BCUT2D eigenvalue weighted by atomic mass is 28.4. The van der Waals surface area contributed by atoms with E-state index in [-0.39, 0.29) is 35.1 Å². The van der Waals surface area contributed by atoms with Crippen LogP contribution in [-0.2, 0) is 18.4 Å². The summed E-state index contributed by atoms with van der Waals surface area (Å²) >= 11 is 0. The smallest absolute Gasteiger partial charge is 0.333 e. The van der Waals surface area contributed by atoms with E-state index in [2.05, 4.69) is 81.2 Å². The molecule has 0 spiro atoms. The first-order chi connectivity index (χ1) is 13.9. The van der Waals surface area contributed by atoms with Gasteiger partial charge in [0.2, 0.25) is 0 Å². The molecular weight excluding hydrogens is 420 g/mol. The first-order valence-electron chi connectivity index (χ1n) is 12.1. The van der Waals surface area contributed by atoms with Crippen molar-refractivity contribution in [2.45, 2.75) is 119 Å². The minimum atomic E-state index is -1.94. The Morgan fingerprint density at radius 1 is 0.935 bits per heavy atom. The number of hydrogen-bond donors (Lipinski definition) is 0. The fourth-order valence-corrected chi connectivity index (χ4v) is 6.31. The van der Waals surface area contributed by atoms with E-state index in [4.69, 9.17) is 13.6 Å². The summed E-state index contributed by atoms with van der Waals surface area (Å²) in [5.74, 6) is 0.474. The molecule has 6 heteroatoms. The summed E-state index contributed by atoms with van der Waals surface area (Å²) in [5, 5.41) is 0.152. The van der Waals surface area contributed by atoms with Crippen LogP contribution in [0.15, 0.2) is 11.6 Å². The van der Waals surface area contributed by atoms with E-state index in [1.165, 1.54) is 0 Å². The van der Waals surface area contributed by atoms with Crippen LogP contribution >= 0.6 is 0 Å². The van der Waals surface area contributed by atoms with Gasteiger partial charge in [-0.3, -0.25) is 0 Å². The predicted molar refractivity (Wildman–Crippen MR) is 138 cm³/mol. The number of rotatable bonds is 12. The van der Waals surface area contributed by atoms with Gasteiger partial charge in [0.25, 0.3) is 0 Å². The molecule has 0 aromatic heterocycles. The van der Waals surface area contributed by atoms with Gasteiger partial charge in [-0.25, -0.2) is 4.79 Å². The van der Waals surface area contributed by atoms with Crippen molar-refractivity contribution in [3.63, 3.8) is 0 Å². The molecule has 0 saturated heterocycles. The lowest BCUT2D eigenvalue weighted by molar-refractivity contribution is -0.138. The Bertz CT molecular complexity index is 587. The van der Waals surface area contributed by atoms with Crippen LogP contribution in [0.25, 0.3) is 0 Å². The van der Waals surface area contributed by atoms with Crippen molar-refractivity contribution >= 4 is 22.6 Å². The average Bonchev–Trinajstić information content (AvgIpc) is 2.61. The van der Waals surface area contributed by atoms with Gasteiger partial charge in [0.1, 0.15) is 0 Å². The lowest BCUT2D eigenvalue weighted by Crippen LogP contribution is -2.51. The number of carbonyl (C=O) groups is 1. The summed E-state index contributed by atoms with van der Waals surface area (Å²) in [5.41, 5.74) is 0.649. The molecule has 0 amide bonds. The second-order valence-electron chi connectivity index (χ2n) is 11.7. The molecule has 0 aliphatic heterocycles. The van der Waals surface area contributed by atoms with Crippen LogP contribution in [0.4, 0.5) is 0 Å². The highest BCUT2D eigenvalue weighted by Crippen LogP contribution is 2.41. The minimum Gasteiger partial charge on any atom is -0.463 e. The van der Waals surface area contributed by atoms with Crippen molar-refractivity contribution in [3.05, 3.63) is 11.6 Å². The minimum absolute atomic E-state index is 0.0141. The molecule has 4 nitrogen and oxygen atoms in total. The van der Waals surface area contributed by atoms with Crippen molar-refractivity contribution in [2.75, 3.05) is 6.61 Å². The molecule has 0 fully saturated rings. The number of esters is 1. The molecule has 5 atom stereocenters. The fourth-order valence-electron chi connectivity index (χ4n) is 3.58. The summed E-state index contributed by atoms with van der Waals surface area (Å²) in [6.45, 7) is 31.3. The molecule has 0 aromatic rings. The van der Waals surface area contributed by atoms with Crippen LogP contribution in [0.2, 0.25) is 37.8 Å². The van der Waals surface area contributed by atoms with E-state index < -0.39 is 16.6 Å². The first kappa shape index (κ1) is 30.6. The maximum Gasteiger partial charge on any atom is 0.333 e. The van der Waals surface area contributed by atoms with Gasteiger partial charge in [0, 0.05) is 17.4 Å².